The fourth-order valence-corrected chi connectivity index (χ4v) is 2.57. The molecule has 1 fully saturated rings. The minimum absolute atomic E-state index is 0.0251. The molecule has 1 saturated heterocycles. The second-order valence-electron chi connectivity index (χ2n) is 6.09. The molecule has 0 bridgehead atoms. The van der Waals surface area contributed by atoms with Crippen LogP contribution in [0.15, 0.2) is 10.9 Å². The van der Waals surface area contributed by atoms with Crippen LogP contribution in [-0.4, -0.2) is 33.2 Å². The molecule has 23 heavy (non-hydrogen) atoms. The number of rotatable bonds is 3. The van der Waals surface area contributed by atoms with Gasteiger partial charge in [0.25, 0.3) is 0 Å². The molecule has 0 aliphatic carbocycles. The molecule has 1 aliphatic rings. The molecule has 0 saturated carbocycles. The number of piperidine rings is 1. The monoisotopic (exact) mass is 324 g/mol. The van der Waals surface area contributed by atoms with Crippen molar-refractivity contribution in [2.75, 3.05) is 23.7 Å². The zero-order valence-electron chi connectivity index (χ0n) is 13.0. The minimum atomic E-state index is -1.63. The highest BCUT2D eigenvalue weighted by molar-refractivity contribution is 5.48. The molecule has 0 aromatic carbocycles. The van der Waals surface area contributed by atoms with Crippen LogP contribution in [0.5, 0.6) is 0 Å². The summed E-state index contributed by atoms with van der Waals surface area (Å²) >= 11 is 0. The van der Waals surface area contributed by atoms with Crippen molar-refractivity contribution in [1.29, 1.82) is 0 Å². The van der Waals surface area contributed by atoms with E-state index in [0.717, 1.165) is 0 Å². The highest BCUT2D eigenvalue weighted by Crippen LogP contribution is 2.31. The van der Waals surface area contributed by atoms with E-state index in [1.54, 1.807) is 4.90 Å². The summed E-state index contributed by atoms with van der Waals surface area (Å²) < 4.78 is 32.9. The first-order valence-electron chi connectivity index (χ1n) is 7.40. The standard InChI is InChI=1S/C14H18F2N6O/c1-14(2,16)13-20-12(23-21-13)8-3-5-22(6-4-8)11-9(15)10(17)18-7-19-11/h7-8H,3-6H2,1-2H3,(H2,17,18,19). The smallest absolute Gasteiger partial charge is 0.230 e. The third-order valence-corrected chi connectivity index (χ3v) is 3.92. The van der Waals surface area contributed by atoms with Gasteiger partial charge in [0.15, 0.2) is 17.3 Å². The van der Waals surface area contributed by atoms with Crippen LogP contribution in [0.1, 0.15) is 44.3 Å². The number of hydrogen-bond acceptors (Lipinski definition) is 7. The Morgan fingerprint density at radius 2 is 2.00 bits per heavy atom. The topological polar surface area (TPSA) is 94.0 Å². The maximum Gasteiger partial charge on any atom is 0.230 e. The van der Waals surface area contributed by atoms with Crippen LogP contribution >= 0.6 is 0 Å². The van der Waals surface area contributed by atoms with Crippen LogP contribution in [0, 0.1) is 5.82 Å². The molecule has 3 heterocycles. The second-order valence-corrected chi connectivity index (χ2v) is 6.09. The van der Waals surface area contributed by atoms with E-state index in [4.69, 9.17) is 10.3 Å². The summed E-state index contributed by atoms with van der Waals surface area (Å²) in [5.41, 5.74) is 3.83. The molecular weight excluding hydrogens is 306 g/mol. The van der Waals surface area contributed by atoms with Gasteiger partial charge in [-0.15, -0.1) is 0 Å². The number of hydrogen-bond donors (Lipinski definition) is 1. The van der Waals surface area contributed by atoms with E-state index in [1.165, 1.54) is 20.2 Å². The predicted molar refractivity (Wildman–Crippen MR) is 79.0 cm³/mol. The third kappa shape index (κ3) is 3.08. The zero-order chi connectivity index (χ0) is 16.6. The summed E-state index contributed by atoms with van der Waals surface area (Å²) in [5.74, 6) is -0.0733. The Balaban J connectivity index is 1.69. The van der Waals surface area contributed by atoms with Crippen molar-refractivity contribution >= 4 is 11.6 Å². The van der Waals surface area contributed by atoms with Gasteiger partial charge in [0.2, 0.25) is 17.5 Å². The number of nitrogen functional groups attached to an aromatic ring is 1. The number of aromatic nitrogens is 4. The number of nitrogens with zero attached hydrogens (tertiary/aromatic N) is 5. The molecule has 2 N–H and O–H groups in total. The Hall–Kier alpha value is -2.32. The summed E-state index contributed by atoms with van der Waals surface area (Å²) in [4.78, 5) is 13.5. The number of anilines is 2. The SMILES string of the molecule is CC(C)(F)c1noc(C2CCN(c3ncnc(N)c3F)CC2)n1. The number of nitrogens with two attached hydrogens (primary N) is 1. The summed E-state index contributed by atoms with van der Waals surface area (Å²) in [6.07, 6.45) is 2.60. The predicted octanol–water partition coefficient (Wildman–Crippen LogP) is 2.17. The molecule has 124 valence electrons. The third-order valence-electron chi connectivity index (χ3n) is 3.92. The van der Waals surface area contributed by atoms with Crippen molar-refractivity contribution < 1.29 is 13.3 Å². The summed E-state index contributed by atoms with van der Waals surface area (Å²) in [7, 11) is 0. The van der Waals surface area contributed by atoms with Crippen molar-refractivity contribution in [3.8, 4) is 0 Å². The zero-order valence-corrected chi connectivity index (χ0v) is 13.0. The van der Waals surface area contributed by atoms with E-state index < -0.39 is 11.5 Å². The maximum atomic E-state index is 14.0. The molecule has 7 nitrogen and oxygen atoms in total. The molecule has 1 aliphatic heterocycles. The lowest BCUT2D eigenvalue weighted by molar-refractivity contribution is 0.198. The highest BCUT2D eigenvalue weighted by Gasteiger charge is 2.31. The molecule has 0 amide bonds. The largest absolute Gasteiger partial charge is 0.381 e. The van der Waals surface area contributed by atoms with E-state index in [0.29, 0.717) is 31.8 Å². The average Bonchev–Trinajstić information content (AvgIpc) is 3.00. The molecule has 9 heteroatoms. The molecule has 0 spiro atoms. The fourth-order valence-electron chi connectivity index (χ4n) is 2.57. The first-order chi connectivity index (χ1) is 10.9. The lowest BCUT2D eigenvalue weighted by Crippen LogP contribution is -2.34. The Morgan fingerprint density at radius 1 is 1.30 bits per heavy atom. The van der Waals surface area contributed by atoms with Crippen LogP contribution in [0.2, 0.25) is 0 Å². The van der Waals surface area contributed by atoms with E-state index in [1.807, 2.05) is 0 Å². The Bertz CT molecular complexity index is 691. The summed E-state index contributed by atoms with van der Waals surface area (Å²) in [6.45, 7) is 3.89. The molecule has 0 radical (unpaired) electrons. The van der Waals surface area contributed by atoms with Crippen molar-refractivity contribution in [2.45, 2.75) is 38.3 Å². The van der Waals surface area contributed by atoms with Gasteiger partial charge in [-0.05, 0) is 26.7 Å². The first-order valence-corrected chi connectivity index (χ1v) is 7.40. The number of alkyl halides is 1. The van der Waals surface area contributed by atoms with Crippen LogP contribution in [-0.2, 0) is 5.67 Å². The quantitative estimate of drug-likeness (QED) is 0.924. The summed E-state index contributed by atoms with van der Waals surface area (Å²) in [6, 6.07) is 0. The fraction of sp³-hybridized carbons (Fsp3) is 0.571. The van der Waals surface area contributed by atoms with Crippen molar-refractivity contribution in [2.24, 2.45) is 0 Å². The molecule has 3 rings (SSSR count). The van der Waals surface area contributed by atoms with Crippen LogP contribution in [0.4, 0.5) is 20.4 Å². The Labute approximate surface area is 131 Å². The molecule has 2 aromatic heterocycles. The lowest BCUT2D eigenvalue weighted by atomic mass is 9.96. The van der Waals surface area contributed by atoms with Crippen molar-refractivity contribution in [3.63, 3.8) is 0 Å². The van der Waals surface area contributed by atoms with Gasteiger partial charge in [-0.2, -0.15) is 9.37 Å². The maximum absolute atomic E-state index is 14.0. The molecule has 2 aromatic rings. The minimum Gasteiger partial charge on any atom is -0.381 e. The lowest BCUT2D eigenvalue weighted by Gasteiger charge is -2.31. The van der Waals surface area contributed by atoms with Gasteiger partial charge < -0.3 is 15.2 Å². The Morgan fingerprint density at radius 3 is 2.61 bits per heavy atom. The van der Waals surface area contributed by atoms with E-state index in [2.05, 4.69) is 20.1 Å². The van der Waals surface area contributed by atoms with Crippen LogP contribution < -0.4 is 10.6 Å². The van der Waals surface area contributed by atoms with E-state index in [9.17, 15) is 8.78 Å². The second kappa shape index (κ2) is 5.71. The van der Waals surface area contributed by atoms with Gasteiger partial charge >= 0.3 is 0 Å². The van der Waals surface area contributed by atoms with Gasteiger partial charge in [0.1, 0.15) is 6.33 Å². The van der Waals surface area contributed by atoms with E-state index >= 15 is 0 Å². The van der Waals surface area contributed by atoms with Gasteiger partial charge in [-0.3, -0.25) is 0 Å². The van der Waals surface area contributed by atoms with Crippen LogP contribution in [0.25, 0.3) is 0 Å². The van der Waals surface area contributed by atoms with Gasteiger partial charge in [0, 0.05) is 19.0 Å². The van der Waals surface area contributed by atoms with Crippen LogP contribution in [0.3, 0.4) is 0 Å². The molecule has 0 unspecified atom stereocenters. The normalized spacial score (nSPS) is 16.8. The number of halogens is 2. The van der Waals surface area contributed by atoms with E-state index in [-0.39, 0.29) is 23.4 Å². The average molecular weight is 324 g/mol. The van der Waals surface area contributed by atoms with Crippen molar-refractivity contribution in [1.82, 2.24) is 20.1 Å². The molecular formula is C14H18F2N6O. The Kier molecular flexibility index (Phi) is 3.87. The molecule has 0 atom stereocenters. The highest BCUT2D eigenvalue weighted by atomic mass is 19.1. The first kappa shape index (κ1) is 15.6. The van der Waals surface area contributed by atoms with Gasteiger partial charge in [-0.25, -0.2) is 14.4 Å². The van der Waals surface area contributed by atoms with Gasteiger partial charge in [0.05, 0.1) is 0 Å². The van der Waals surface area contributed by atoms with Gasteiger partial charge in [-0.1, -0.05) is 5.16 Å². The summed E-state index contributed by atoms with van der Waals surface area (Å²) in [5, 5.41) is 3.69. The van der Waals surface area contributed by atoms with Crippen molar-refractivity contribution in [3.05, 3.63) is 23.9 Å².